The van der Waals surface area contributed by atoms with Gasteiger partial charge in [-0.1, -0.05) is 25.5 Å². The fourth-order valence-corrected chi connectivity index (χ4v) is 3.78. The average Bonchev–Trinajstić information content (AvgIpc) is 3.19. The molecule has 28 heavy (non-hydrogen) atoms. The number of rotatable bonds is 6. The van der Waals surface area contributed by atoms with Crippen LogP contribution in [-0.2, 0) is 0 Å². The van der Waals surface area contributed by atoms with Crippen molar-refractivity contribution in [3.8, 4) is 23.0 Å². The van der Waals surface area contributed by atoms with E-state index in [0.29, 0.717) is 11.7 Å². The molecule has 1 unspecified atom stereocenters. The maximum absolute atomic E-state index is 5.60. The summed E-state index contributed by atoms with van der Waals surface area (Å²) in [6.45, 7) is 3.29. The van der Waals surface area contributed by atoms with Gasteiger partial charge in [0.15, 0.2) is 23.0 Å². The molecule has 0 amide bonds. The smallest absolute Gasteiger partial charge is 0.231 e. The van der Waals surface area contributed by atoms with Crippen LogP contribution >= 0.6 is 0 Å². The van der Waals surface area contributed by atoms with Gasteiger partial charge in [0, 0.05) is 18.0 Å². The third-order valence-electron chi connectivity index (χ3n) is 5.22. The first kappa shape index (κ1) is 18.4. The van der Waals surface area contributed by atoms with E-state index in [9.17, 15) is 0 Å². The zero-order chi connectivity index (χ0) is 19.5. The Labute approximate surface area is 165 Å². The molecule has 5 heteroatoms. The van der Waals surface area contributed by atoms with Crippen molar-refractivity contribution < 1.29 is 18.9 Å². The molecule has 4 rings (SSSR count). The van der Waals surface area contributed by atoms with Crippen LogP contribution in [0.2, 0.25) is 0 Å². The van der Waals surface area contributed by atoms with Gasteiger partial charge in [-0.05, 0) is 47.9 Å². The van der Waals surface area contributed by atoms with Gasteiger partial charge in [-0.2, -0.15) is 0 Å². The molecular formula is C23H25NO4. The van der Waals surface area contributed by atoms with Gasteiger partial charge >= 0.3 is 0 Å². The fraction of sp³-hybridized carbons (Fsp3) is 0.348. The van der Waals surface area contributed by atoms with E-state index in [1.165, 1.54) is 5.56 Å². The normalized spacial score (nSPS) is 17.4. The maximum atomic E-state index is 5.60. The summed E-state index contributed by atoms with van der Waals surface area (Å²) in [6, 6.07) is 10.1. The molecule has 0 aliphatic carbocycles. The van der Waals surface area contributed by atoms with Gasteiger partial charge in [-0.25, -0.2) is 0 Å². The average molecular weight is 379 g/mol. The first-order chi connectivity index (χ1) is 13.7. The van der Waals surface area contributed by atoms with Gasteiger partial charge in [0.2, 0.25) is 6.79 Å². The fourth-order valence-electron chi connectivity index (χ4n) is 3.78. The van der Waals surface area contributed by atoms with Crippen LogP contribution in [0, 0.1) is 0 Å². The zero-order valence-corrected chi connectivity index (χ0v) is 16.5. The third-order valence-corrected chi connectivity index (χ3v) is 5.22. The van der Waals surface area contributed by atoms with Crippen LogP contribution in [0.3, 0.4) is 0 Å². The quantitative estimate of drug-likeness (QED) is 0.721. The van der Waals surface area contributed by atoms with Crippen molar-refractivity contribution in [3.05, 3.63) is 53.1 Å². The molecular weight excluding hydrogens is 354 g/mol. The Hall–Kier alpha value is -2.95. The number of allylic oxidation sites excluding steroid dienone is 1. The molecule has 2 aromatic rings. The van der Waals surface area contributed by atoms with E-state index < -0.39 is 0 Å². The van der Waals surface area contributed by atoms with E-state index in [-0.39, 0.29) is 6.79 Å². The molecule has 5 nitrogen and oxygen atoms in total. The second kappa shape index (κ2) is 7.97. The van der Waals surface area contributed by atoms with E-state index in [4.69, 9.17) is 23.9 Å². The van der Waals surface area contributed by atoms with Crippen molar-refractivity contribution in [2.24, 2.45) is 4.99 Å². The Morgan fingerprint density at radius 2 is 1.82 bits per heavy atom. The second-order valence-electron chi connectivity index (χ2n) is 6.95. The number of hydrogen-bond donors (Lipinski definition) is 0. The van der Waals surface area contributed by atoms with E-state index in [2.05, 4.69) is 31.2 Å². The molecule has 0 spiro atoms. The summed E-state index contributed by atoms with van der Waals surface area (Å²) < 4.78 is 21.9. The highest BCUT2D eigenvalue weighted by Crippen LogP contribution is 2.40. The monoisotopic (exact) mass is 379 g/mol. The van der Waals surface area contributed by atoms with E-state index in [0.717, 1.165) is 53.5 Å². The van der Waals surface area contributed by atoms with Crippen LogP contribution < -0.4 is 18.9 Å². The Morgan fingerprint density at radius 3 is 2.57 bits per heavy atom. The largest absolute Gasteiger partial charge is 0.493 e. The van der Waals surface area contributed by atoms with Crippen molar-refractivity contribution in [3.63, 3.8) is 0 Å². The summed E-state index contributed by atoms with van der Waals surface area (Å²) in [5.41, 5.74) is 4.42. The van der Waals surface area contributed by atoms with Gasteiger partial charge < -0.3 is 18.9 Å². The topological polar surface area (TPSA) is 49.3 Å². The van der Waals surface area contributed by atoms with Gasteiger partial charge in [0.1, 0.15) is 0 Å². The number of aliphatic imine (C=N–C) groups is 1. The number of nitrogens with zero attached hydrogens (tertiary/aromatic N) is 1. The van der Waals surface area contributed by atoms with Gasteiger partial charge in [-0.15, -0.1) is 0 Å². The van der Waals surface area contributed by atoms with Crippen LogP contribution in [-0.4, -0.2) is 33.3 Å². The van der Waals surface area contributed by atoms with Crippen LogP contribution in [0.15, 0.2) is 41.4 Å². The van der Waals surface area contributed by atoms with Crippen molar-refractivity contribution in [2.75, 3.05) is 27.6 Å². The summed E-state index contributed by atoms with van der Waals surface area (Å²) in [7, 11) is 3.28. The van der Waals surface area contributed by atoms with Crippen LogP contribution in [0.5, 0.6) is 23.0 Å². The lowest BCUT2D eigenvalue weighted by molar-refractivity contribution is 0.174. The number of benzene rings is 2. The minimum atomic E-state index is 0.282. The van der Waals surface area contributed by atoms with Crippen LogP contribution in [0.4, 0.5) is 0 Å². The van der Waals surface area contributed by atoms with Crippen molar-refractivity contribution >= 4 is 11.8 Å². The minimum absolute atomic E-state index is 0.282. The van der Waals surface area contributed by atoms with Crippen molar-refractivity contribution in [2.45, 2.75) is 25.7 Å². The molecule has 0 aromatic heterocycles. The number of fused-ring (bicyclic) bond motifs is 2. The summed E-state index contributed by atoms with van der Waals surface area (Å²) in [5, 5.41) is 0. The van der Waals surface area contributed by atoms with Gasteiger partial charge in [-0.3, -0.25) is 4.99 Å². The molecule has 0 N–H and O–H groups in total. The molecule has 146 valence electrons. The lowest BCUT2D eigenvalue weighted by atomic mass is 9.86. The predicted molar refractivity (Wildman–Crippen MR) is 110 cm³/mol. The van der Waals surface area contributed by atoms with Crippen molar-refractivity contribution in [1.29, 1.82) is 0 Å². The third kappa shape index (κ3) is 3.44. The van der Waals surface area contributed by atoms with Gasteiger partial charge in [0.05, 0.1) is 19.9 Å². The highest BCUT2D eigenvalue weighted by molar-refractivity contribution is 6.12. The number of methoxy groups -OCH3 is 2. The number of hydrogen-bond acceptors (Lipinski definition) is 5. The molecule has 2 aliphatic heterocycles. The lowest BCUT2D eigenvalue weighted by Gasteiger charge is -2.24. The molecule has 0 fully saturated rings. The lowest BCUT2D eigenvalue weighted by Crippen LogP contribution is -2.16. The highest BCUT2D eigenvalue weighted by atomic mass is 16.7. The standard InChI is InChI=1S/C23H25NO4/c1-4-5-16-13-24-19(18-12-23-22(11-17(16)18)27-14-28-23)8-6-15-7-9-20(25-2)21(10-15)26-3/h6-12,16H,4-5,13-14H2,1-3H3. The summed E-state index contributed by atoms with van der Waals surface area (Å²) in [5.74, 6) is 3.48. The molecule has 2 aliphatic rings. The van der Waals surface area contributed by atoms with E-state index >= 15 is 0 Å². The highest BCUT2D eigenvalue weighted by Gasteiger charge is 2.26. The summed E-state index contributed by atoms with van der Waals surface area (Å²) >= 11 is 0. The molecule has 2 aromatic carbocycles. The van der Waals surface area contributed by atoms with Crippen molar-refractivity contribution in [1.82, 2.24) is 0 Å². The zero-order valence-electron chi connectivity index (χ0n) is 16.5. The molecule has 0 bridgehead atoms. The Balaban J connectivity index is 1.67. The molecule has 0 radical (unpaired) electrons. The first-order valence-electron chi connectivity index (χ1n) is 9.62. The summed E-state index contributed by atoms with van der Waals surface area (Å²) in [4.78, 5) is 4.87. The van der Waals surface area contributed by atoms with Crippen LogP contribution in [0.25, 0.3) is 6.08 Å². The Morgan fingerprint density at radius 1 is 1.04 bits per heavy atom. The Bertz CT molecular complexity index is 932. The number of ether oxygens (including phenoxy) is 4. The minimum Gasteiger partial charge on any atom is -0.493 e. The SMILES string of the molecule is CCCC1CN=C(C=Cc2ccc(OC)c(OC)c2)c2cc3c(cc21)OCO3. The first-order valence-corrected chi connectivity index (χ1v) is 9.62. The molecule has 0 saturated heterocycles. The van der Waals surface area contributed by atoms with E-state index in [1.807, 2.05) is 18.2 Å². The predicted octanol–water partition coefficient (Wildman–Crippen LogP) is 4.83. The molecule has 1 atom stereocenters. The Kier molecular flexibility index (Phi) is 5.24. The van der Waals surface area contributed by atoms with E-state index in [1.54, 1.807) is 14.2 Å². The maximum Gasteiger partial charge on any atom is 0.231 e. The van der Waals surface area contributed by atoms with Gasteiger partial charge in [0.25, 0.3) is 0 Å². The summed E-state index contributed by atoms with van der Waals surface area (Å²) in [6.07, 6.45) is 6.35. The second-order valence-corrected chi connectivity index (χ2v) is 6.95. The van der Waals surface area contributed by atoms with Crippen LogP contribution in [0.1, 0.15) is 42.4 Å². The molecule has 2 heterocycles. The molecule has 0 saturated carbocycles.